The Morgan fingerprint density at radius 2 is 2.19 bits per heavy atom. The molecule has 0 amide bonds. The molecular formula is C11H17N3OS. The van der Waals surface area contributed by atoms with Gasteiger partial charge in [0.2, 0.25) is 0 Å². The number of hydrogen-bond acceptors (Lipinski definition) is 3. The van der Waals surface area contributed by atoms with Gasteiger partial charge in [-0.3, -0.25) is 9.78 Å². The lowest BCUT2D eigenvalue weighted by Gasteiger charge is -2.29. The van der Waals surface area contributed by atoms with Crippen LogP contribution in [-0.2, 0) is 6.54 Å². The molecule has 2 heterocycles. The summed E-state index contributed by atoms with van der Waals surface area (Å²) >= 11 is 5.13. The van der Waals surface area contributed by atoms with Gasteiger partial charge in [-0.25, -0.2) is 0 Å². The van der Waals surface area contributed by atoms with Crippen LogP contribution in [0.4, 0.5) is 0 Å². The molecule has 2 rings (SSSR count). The van der Waals surface area contributed by atoms with Crippen molar-refractivity contribution in [3.63, 3.8) is 0 Å². The third kappa shape index (κ3) is 2.80. The van der Waals surface area contributed by atoms with E-state index in [9.17, 15) is 4.79 Å². The maximum absolute atomic E-state index is 11.0. The molecule has 5 heteroatoms. The number of aromatic amines is 1. The zero-order valence-corrected chi connectivity index (χ0v) is 10.3. The average Bonchev–Trinajstić information content (AvgIpc) is 2.25. The van der Waals surface area contributed by atoms with Crippen LogP contribution < -0.4 is 5.56 Å². The Morgan fingerprint density at radius 3 is 2.81 bits per heavy atom. The normalized spacial score (nSPS) is 18.8. The highest BCUT2D eigenvalue weighted by atomic mass is 32.1. The largest absolute Gasteiger partial charge is 0.325 e. The first kappa shape index (κ1) is 11.5. The topological polar surface area (TPSA) is 41.0 Å². The fourth-order valence-electron chi connectivity index (χ4n) is 2.11. The average molecular weight is 239 g/mol. The highest BCUT2D eigenvalue weighted by Crippen LogP contribution is 2.17. The molecular weight excluding hydrogens is 222 g/mol. The van der Waals surface area contributed by atoms with Gasteiger partial charge in [0.25, 0.3) is 5.56 Å². The molecule has 1 aliphatic heterocycles. The summed E-state index contributed by atoms with van der Waals surface area (Å²) in [6.45, 7) is 3.23. The van der Waals surface area contributed by atoms with Gasteiger partial charge in [0, 0.05) is 18.8 Å². The number of rotatable bonds is 2. The molecule has 0 aromatic carbocycles. The summed E-state index contributed by atoms with van der Waals surface area (Å²) in [4.78, 5) is 16.0. The molecule has 0 unspecified atom stereocenters. The number of nitrogens with zero attached hydrogens (tertiary/aromatic N) is 2. The van der Waals surface area contributed by atoms with Gasteiger partial charge in [-0.05, 0) is 51.1 Å². The van der Waals surface area contributed by atoms with E-state index in [1.807, 2.05) is 4.57 Å². The summed E-state index contributed by atoms with van der Waals surface area (Å²) in [5, 5.41) is 0. The summed E-state index contributed by atoms with van der Waals surface area (Å²) in [5.74, 6) is 0.675. The van der Waals surface area contributed by atoms with Gasteiger partial charge in [0.1, 0.15) is 0 Å². The van der Waals surface area contributed by atoms with E-state index in [2.05, 4.69) is 16.9 Å². The minimum Gasteiger partial charge on any atom is -0.325 e. The molecule has 1 aliphatic rings. The van der Waals surface area contributed by atoms with E-state index in [-0.39, 0.29) is 5.56 Å². The molecule has 0 radical (unpaired) electrons. The minimum atomic E-state index is -0.121. The lowest BCUT2D eigenvalue weighted by molar-refractivity contribution is 0.204. The Morgan fingerprint density at radius 1 is 1.50 bits per heavy atom. The molecule has 0 aliphatic carbocycles. The van der Waals surface area contributed by atoms with Crippen molar-refractivity contribution >= 4 is 12.2 Å². The predicted octanol–water partition coefficient (Wildman–Crippen LogP) is 1.25. The standard InChI is InChI=1S/C11H17N3OS/c1-13-5-2-9(3-6-13)8-14-7-4-10(15)12-11(14)16/h4,7,9H,2-3,5-6,8H2,1H3,(H,12,15,16). The number of nitrogens with one attached hydrogen (secondary N) is 1. The van der Waals surface area contributed by atoms with E-state index in [1.54, 1.807) is 6.20 Å². The lowest BCUT2D eigenvalue weighted by atomic mass is 9.97. The van der Waals surface area contributed by atoms with Gasteiger partial charge in [0.05, 0.1) is 0 Å². The molecule has 1 aromatic rings. The molecule has 1 aromatic heterocycles. The summed E-state index contributed by atoms with van der Waals surface area (Å²) in [5.41, 5.74) is -0.121. The van der Waals surface area contributed by atoms with Crippen LogP contribution in [0.3, 0.4) is 0 Å². The quantitative estimate of drug-likeness (QED) is 0.790. The minimum absolute atomic E-state index is 0.121. The van der Waals surface area contributed by atoms with Crippen LogP contribution in [0.5, 0.6) is 0 Å². The van der Waals surface area contributed by atoms with Crippen molar-refractivity contribution in [2.24, 2.45) is 5.92 Å². The van der Waals surface area contributed by atoms with E-state index in [0.717, 1.165) is 19.6 Å². The Kier molecular flexibility index (Phi) is 3.56. The number of hydrogen-bond donors (Lipinski definition) is 1. The third-order valence-electron chi connectivity index (χ3n) is 3.19. The first-order valence-electron chi connectivity index (χ1n) is 5.63. The maximum atomic E-state index is 11.0. The Labute approximate surface area is 99.9 Å². The van der Waals surface area contributed by atoms with Crippen LogP contribution in [0.1, 0.15) is 12.8 Å². The Bertz CT molecular complexity index is 457. The van der Waals surface area contributed by atoms with Crippen LogP contribution in [0.25, 0.3) is 0 Å². The number of aromatic nitrogens is 2. The highest BCUT2D eigenvalue weighted by Gasteiger charge is 2.16. The fourth-order valence-corrected chi connectivity index (χ4v) is 2.35. The lowest BCUT2D eigenvalue weighted by Crippen LogP contribution is -2.32. The SMILES string of the molecule is CN1CCC(Cn2ccc(=O)[nH]c2=S)CC1. The van der Waals surface area contributed by atoms with Crippen LogP contribution in [0, 0.1) is 10.7 Å². The van der Waals surface area contributed by atoms with Crippen LogP contribution >= 0.6 is 12.2 Å². The van der Waals surface area contributed by atoms with Crippen LogP contribution in [0.2, 0.25) is 0 Å². The van der Waals surface area contributed by atoms with Crippen molar-refractivity contribution in [3.05, 3.63) is 27.4 Å². The van der Waals surface area contributed by atoms with E-state index in [1.165, 1.54) is 18.9 Å². The molecule has 1 fully saturated rings. The molecule has 4 nitrogen and oxygen atoms in total. The Balaban J connectivity index is 2.04. The fraction of sp³-hybridized carbons (Fsp3) is 0.636. The van der Waals surface area contributed by atoms with Crippen LogP contribution in [-0.4, -0.2) is 34.6 Å². The van der Waals surface area contributed by atoms with E-state index in [0.29, 0.717) is 10.7 Å². The molecule has 0 saturated carbocycles. The Hall–Kier alpha value is -0.940. The number of piperidine rings is 1. The summed E-state index contributed by atoms with van der Waals surface area (Å²) in [6, 6.07) is 1.53. The second kappa shape index (κ2) is 4.93. The van der Waals surface area contributed by atoms with Gasteiger partial charge in [-0.1, -0.05) is 0 Å². The van der Waals surface area contributed by atoms with Crippen LogP contribution in [0.15, 0.2) is 17.1 Å². The second-order valence-electron chi connectivity index (χ2n) is 4.51. The summed E-state index contributed by atoms with van der Waals surface area (Å²) in [6.07, 6.45) is 4.20. The predicted molar refractivity (Wildman–Crippen MR) is 66.1 cm³/mol. The first-order chi connectivity index (χ1) is 7.65. The van der Waals surface area contributed by atoms with Gasteiger partial charge in [-0.15, -0.1) is 0 Å². The van der Waals surface area contributed by atoms with Crippen molar-refractivity contribution in [3.8, 4) is 0 Å². The zero-order chi connectivity index (χ0) is 11.5. The van der Waals surface area contributed by atoms with Gasteiger partial charge >= 0.3 is 0 Å². The summed E-state index contributed by atoms with van der Waals surface area (Å²) < 4.78 is 2.50. The smallest absolute Gasteiger partial charge is 0.251 e. The van der Waals surface area contributed by atoms with Crippen molar-refractivity contribution in [1.82, 2.24) is 14.5 Å². The van der Waals surface area contributed by atoms with E-state index in [4.69, 9.17) is 12.2 Å². The molecule has 1 saturated heterocycles. The van der Waals surface area contributed by atoms with Crippen molar-refractivity contribution in [1.29, 1.82) is 0 Å². The molecule has 1 N–H and O–H groups in total. The molecule has 0 atom stereocenters. The van der Waals surface area contributed by atoms with Crippen molar-refractivity contribution in [2.45, 2.75) is 19.4 Å². The molecule has 0 bridgehead atoms. The van der Waals surface area contributed by atoms with Crippen molar-refractivity contribution in [2.75, 3.05) is 20.1 Å². The third-order valence-corrected chi connectivity index (χ3v) is 3.53. The monoisotopic (exact) mass is 239 g/mol. The highest BCUT2D eigenvalue weighted by molar-refractivity contribution is 7.71. The van der Waals surface area contributed by atoms with E-state index < -0.39 is 0 Å². The maximum Gasteiger partial charge on any atom is 0.251 e. The zero-order valence-electron chi connectivity index (χ0n) is 9.48. The van der Waals surface area contributed by atoms with Gasteiger partial charge in [-0.2, -0.15) is 0 Å². The molecule has 88 valence electrons. The number of likely N-dealkylation sites (tertiary alicyclic amines) is 1. The molecule has 16 heavy (non-hydrogen) atoms. The molecule has 0 spiro atoms. The first-order valence-corrected chi connectivity index (χ1v) is 6.04. The summed E-state index contributed by atoms with van der Waals surface area (Å²) in [7, 11) is 2.15. The van der Waals surface area contributed by atoms with Crippen molar-refractivity contribution < 1.29 is 0 Å². The van der Waals surface area contributed by atoms with Gasteiger partial charge in [0.15, 0.2) is 4.77 Å². The van der Waals surface area contributed by atoms with E-state index >= 15 is 0 Å². The van der Waals surface area contributed by atoms with Gasteiger partial charge < -0.3 is 9.47 Å². The second-order valence-corrected chi connectivity index (χ2v) is 4.90. The number of H-pyrrole nitrogens is 1.